The van der Waals surface area contributed by atoms with Gasteiger partial charge >= 0.3 is 0 Å². The van der Waals surface area contributed by atoms with Crippen molar-refractivity contribution in [3.8, 4) is 0 Å². The minimum Gasteiger partial charge on any atom is -0.326 e. The molecule has 1 aliphatic carbocycles. The molecule has 1 aromatic heterocycles. The molecule has 1 aliphatic rings. The summed E-state index contributed by atoms with van der Waals surface area (Å²) in [6, 6.07) is 8.44. The van der Waals surface area contributed by atoms with Gasteiger partial charge in [-0.3, -0.25) is 0 Å². The van der Waals surface area contributed by atoms with Gasteiger partial charge in [-0.2, -0.15) is 0 Å². The summed E-state index contributed by atoms with van der Waals surface area (Å²) in [5.74, 6) is 1.86. The first-order valence-electron chi connectivity index (χ1n) is 7.79. The number of para-hydroxylation sites is 2. The van der Waals surface area contributed by atoms with Crippen molar-refractivity contribution in [1.29, 1.82) is 0 Å². The molecule has 0 atom stereocenters. The van der Waals surface area contributed by atoms with Gasteiger partial charge in [0.15, 0.2) is 0 Å². The summed E-state index contributed by atoms with van der Waals surface area (Å²) >= 11 is 0. The fraction of sp³-hybridized carbons (Fsp3) is 0.588. The van der Waals surface area contributed by atoms with Crippen molar-refractivity contribution in [3.05, 3.63) is 30.1 Å². The highest BCUT2D eigenvalue weighted by atomic mass is 15.1. The molecule has 20 heavy (non-hydrogen) atoms. The van der Waals surface area contributed by atoms with E-state index in [4.69, 9.17) is 10.7 Å². The molecule has 3 heteroatoms. The van der Waals surface area contributed by atoms with E-state index < -0.39 is 0 Å². The van der Waals surface area contributed by atoms with Crippen LogP contribution in [0.4, 0.5) is 0 Å². The lowest BCUT2D eigenvalue weighted by molar-refractivity contribution is 0.386. The smallest absolute Gasteiger partial charge is 0.113 e. The highest BCUT2D eigenvalue weighted by molar-refractivity contribution is 5.76. The third-order valence-electron chi connectivity index (χ3n) is 4.22. The highest BCUT2D eigenvalue weighted by Crippen LogP contribution is 2.34. The summed E-state index contributed by atoms with van der Waals surface area (Å²) in [6.07, 6.45) is 6.58. The zero-order valence-corrected chi connectivity index (χ0v) is 12.6. The number of nitrogens with two attached hydrogens (primary N) is 1. The number of hydrogen-bond acceptors (Lipinski definition) is 2. The van der Waals surface area contributed by atoms with Gasteiger partial charge < -0.3 is 10.3 Å². The molecule has 2 aromatic rings. The number of aromatic nitrogens is 2. The molecular weight excluding hydrogens is 246 g/mol. The van der Waals surface area contributed by atoms with Crippen LogP contribution in [-0.4, -0.2) is 15.1 Å². The van der Waals surface area contributed by atoms with Crippen molar-refractivity contribution >= 4 is 11.0 Å². The zero-order valence-electron chi connectivity index (χ0n) is 12.6. The Kier molecular flexibility index (Phi) is 3.55. The van der Waals surface area contributed by atoms with E-state index in [0.29, 0.717) is 5.92 Å². The van der Waals surface area contributed by atoms with Crippen molar-refractivity contribution in [2.45, 2.75) is 64.0 Å². The van der Waals surface area contributed by atoms with Crippen molar-refractivity contribution in [1.82, 2.24) is 9.55 Å². The van der Waals surface area contributed by atoms with Crippen molar-refractivity contribution in [2.24, 2.45) is 5.73 Å². The van der Waals surface area contributed by atoms with Gasteiger partial charge in [0.05, 0.1) is 11.0 Å². The van der Waals surface area contributed by atoms with E-state index in [0.717, 1.165) is 12.1 Å². The van der Waals surface area contributed by atoms with Gasteiger partial charge in [0, 0.05) is 18.0 Å². The molecule has 0 bridgehead atoms. The fourth-order valence-electron chi connectivity index (χ4n) is 3.34. The highest BCUT2D eigenvalue weighted by Gasteiger charge is 2.24. The van der Waals surface area contributed by atoms with Crippen LogP contribution < -0.4 is 5.73 Å². The Bertz CT molecular complexity index is 586. The maximum Gasteiger partial charge on any atom is 0.113 e. The van der Waals surface area contributed by atoms with Gasteiger partial charge in [-0.1, -0.05) is 31.4 Å². The van der Waals surface area contributed by atoms with E-state index in [9.17, 15) is 0 Å². The summed E-state index contributed by atoms with van der Waals surface area (Å²) in [5.41, 5.74) is 8.39. The summed E-state index contributed by atoms with van der Waals surface area (Å²) in [5, 5.41) is 0. The molecule has 0 saturated heterocycles. The van der Waals surface area contributed by atoms with Crippen LogP contribution in [0.25, 0.3) is 11.0 Å². The lowest BCUT2D eigenvalue weighted by atomic mass is 9.88. The molecular formula is C17H25N3. The lowest BCUT2D eigenvalue weighted by Crippen LogP contribution is -2.37. The molecule has 3 rings (SSSR count). The van der Waals surface area contributed by atoms with E-state index >= 15 is 0 Å². The van der Waals surface area contributed by atoms with Gasteiger partial charge in [0.1, 0.15) is 5.82 Å². The molecule has 1 aromatic carbocycles. The van der Waals surface area contributed by atoms with Crippen LogP contribution in [0.15, 0.2) is 24.3 Å². The van der Waals surface area contributed by atoms with Crippen molar-refractivity contribution in [3.63, 3.8) is 0 Å². The molecule has 0 amide bonds. The molecule has 0 aliphatic heterocycles. The molecule has 1 heterocycles. The normalized spacial score (nSPS) is 17.8. The quantitative estimate of drug-likeness (QED) is 0.922. The molecule has 1 saturated carbocycles. The van der Waals surface area contributed by atoms with Crippen LogP contribution in [0.1, 0.15) is 57.7 Å². The van der Waals surface area contributed by atoms with Gasteiger partial charge in [-0.05, 0) is 38.8 Å². The first-order chi connectivity index (χ1) is 9.54. The lowest BCUT2D eigenvalue weighted by Gasteiger charge is -2.26. The third-order valence-corrected chi connectivity index (χ3v) is 4.22. The Labute approximate surface area is 121 Å². The largest absolute Gasteiger partial charge is 0.326 e. The second kappa shape index (κ2) is 5.21. The maximum atomic E-state index is 6.27. The van der Waals surface area contributed by atoms with Crippen LogP contribution in [0.2, 0.25) is 0 Å². The number of nitrogens with zero attached hydrogens (tertiary/aromatic N) is 2. The topological polar surface area (TPSA) is 43.8 Å². The van der Waals surface area contributed by atoms with E-state index in [-0.39, 0.29) is 5.54 Å². The van der Waals surface area contributed by atoms with Gasteiger partial charge in [0.25, 0.3) is 0 Å². The summed E-state index contributed by atoms with van der Waals surface area (Å²) in [7, 11) is 0. The average Bonchev–Trinajstić information content (AvgIpc) is 2.77. The molecule has 0 unspecified atom stereocenters. The van der Waals surface area contributed by atoms with Gasteiger partial charge in [-0.25, -0.2) is 4.98 Å². The molecule has 1 fully saturated rings. The fourth-order valence-corrected chi connectivity index (χ4v) is 3.34. The van der Waals surface area contributed by atoms with Crippen molar-refractivity contribution in [2.75, 3.05) is 0 Å². The molecule has 3 nitrogen and oxygen atoms in total. The first kappa shape index (κ1) is 13.6. The first-order valence-corrected chi connectivity index (χ1v) is 7.79. The average molecular weight is 271 g/mol. The van der Waals surface area contributed by atoms with Crippen molar-refractivity contribution < 1.29 is 0 Å². The Morgan fingerprint density at radius 1 is 1.20 bits per heavy atom. The summed E-state index contributed by atoms with van der Waals surface area (Å²) < 4.78 is 2.37. The monoisotopic (exact) mass is 271 g/mol. The Hall–Kier alpha value is -1.35. The number of rotatable bonds is 3. The van der Waals surface area contributed by atoms with E-state index in [2.05, 4.69) is 42.7 Å². The SMILES string of the molecule is CC(C)(N)Cn1c(C2CCCCC2)nc2ccccc21. The van der Waals surface area contributed by atoms with E-state index in [1.54, 1.807) is 0 Å². The van der Waals surface area contributed by atoms with E-state index in [1.807, 2.05) is 0 Å². The summed E-state index contributed by atoms with van der Waals surface area (Å²) in [4.78, 5) is 4.93. The minimum absolute atomic E-state index is 0.215. The number of fused-ring (bicyclic) bond motifs is 1. The standard InChI is InChI=1S/C17H25N3/c1-17(2,18)12-20-15-11-7-6-10-14(15)19-16(20)13-8-4-3-5-9-13/h6-7,10-11,13H,3-5,8-9,12,18H2,1-2H3. The predicted octanol–water partition coefficient (Wildman–Crippen LogP) is 3.82. The predicted molar refractivity (Wildman–Crippen MR) is 83.8 cm³/mol. The third kappa shape index (κ3) is 2.73. The summed E-state index contributed by atoms with van der Waals surface area (Å²) in [6.45, 7) is 5.01. The van der Waals surface area contributed by atoms with Crippen LogP contribution in [0.5, 0.6) is 0 Å². The van der Waals surface area contributed by atoms with E-state index in [1.165, 1.54) is 43.4 Å². The van der Waals surface area contributed by atoms with Gasteiger partial charge in [0.2, 0.25) is 0 Å². The Morgan fingerprint density at radius 3 is 2.60 bits per heavy atom. The molecule has 0 radical (unpaired) electrons. The van der Waals surface area contributed by atoms with Crippen LogP contribution in [0.3, 0.4) is 0 Å². The Morgan fingerprint density at radius 2 is 1.90 bits per heavy atom. The Balaban J connectivity index is 2.06. The zero-order chi connectivity index (χ0) is 14.2. The number of benzene rings is 1. The molecule has 2 N–H and O–H groups in total. The van der Waals surface area contributed by atoms with Crippen LogP contribution >= 0.6 is 0 Å². The molecule has 108 valence electrons. The van der Waals surface area contributed by atoms with Crippen LogP contribution in [-0.2, 0) is 6.54 Å². The number of imidazole rings is 1. The molecule has 0 spiro atoms. The second-order valence-corrected chi connectivity index (χ2v) is 6.87. The maximum absolute atomic E-state index is 6.27. The second-order valence-electron chi connectivity index (χ2n) is 6.87. The van der Waals surface area contributed by atoms with Crippen LogP contribution in [0, 0.1) is 0 Å². The van der Waals surface area contributed by atoms with Gasteiger partial charge in [-0.15, -0.1) is 0 Å². The number of hydrogen-bond donors (Lipinski definition) is 1. The minimum atomic E-state index is -0.215.